The van der Waals surface area contributed by atoms with E-state index in [1.54, 1.807) is 0 Å². The van der Waals surface area contributed by atoms with Crippen molar-refractivity contribution in [3.63, 3.8) is 0 Å². The molecule has 0 unspecified atom stereocenters. The first-order valence-electron chi connectivity index (χ1n) is 7.39. The summed E-state index contributed by atoms with van der Waals surface area (Å²) in [5, 5.41) is 3.02. The maximum Gasteiger partial charge on any atom is 0.220 e. The van der Waals surface area contributed by atoms with Crippen LogP contribution in [-0.2, 0) is 4.79 Å². The van der Waals surface area contributed by atoms with Crippen LogP contribution in [0.25, 0.3) is 0 Å². The Morgan fingerprint density at radius 1 is 1.22 bits per heavy atom. The van der Waals surface area contributed by atoms with Crippen LogP contribution < -0.4 is 11.1 Å². The second-order valence-electron chi connectivity index (χ2n) is 6.98. The van der Waals surface area contributed by atoms with Gasteiger partial charge in [0.1, 0.15) is 0 Å². The SMILES string of the molecule is CC(C)(C)CCNC(=O)CCC1CCC(N)CC1. The van der Waals surface area contributed by atoms with Crippen LogP contribution in [0.2, 0.25) is 0 Å². The molecule has 3 nitrogen and oxygen atoms in total. The van der Waals surface area contributed by atoms with E-state index in [4.69, 9.17) is 5.73 Å². The summed E-state index contributed by atoms with van der Waals surface area (Å²) in [6, 6.07) is 0.405. The summed E-state index contributed by atoms with van der Waals surface area (Å²) >= 11 is 0. The Bertz CT molecular complexity index is 250. The maximum atomic E-state index is 11.7. The minimum Gasteiger partial charge on any atom is -0.356 e. The second-order valence-corrected chi connectivity index (χ2v) is 6.98. The van der Waals surface area contributed by atoms with Gasteiger partial charge in [-0.2, -0.15) is 0 Å². The third-order valence-electron chi connectivity index (χ3n) is 3.87. The predicted octanol–water partition coefficient (Wildman–Crippen LogP) is 2.84. The molecule has 0 aromatic rings. The highest BCUT2D eigenvalue weighted by atomic mass is 16.1. The summed E-state index contributed by atoms with van der Waals surface area (Å²) in [5.74, 6) is 0.937. The lowest BCUT2D eigenvalue weighted by molar-refractivity contribution is -0.121. The van der Waals surface area contributed by atoms with E-state index >= 15 is 0 Å². The van der Waals surface area contributed by atoms with Crippen LogP contribution in [-0.4, -0.2) is 18.5 Å². The maximum absolute atomic E-state index is 11.7. The molecule has 0 saturated heterocycles. The summed E-state index contributed by atoms with van der Waals surface area (Å²) in [5.41, 5.74) is 6.18. The first kappa shape index (κ1) is 15.5. The van der Waals surface area contributed by atoms with Crippen LogP contribution in [0.15, 0.2) is 0 Å². The molecule has 1 amide bonds. The van der Waals surface area contributed by atoms with Gasteiger partial charge in [-0.25, -0.2) is 0 Å². The summed E-state index contributed by atoms with van der Waals surface area (Å²) in [4.78, 5) is 11.7. The van der Waals surface area contributed by atoms with E-state index in [0.29, 0.717) is 17.9 Å². The van der Waals surface area contributed by atoms with Gasteiger partial charge in [0.2, 0.25) is 5.91 Å². The van der Waals surface area contributed by atoms with Gasteiger partial charge in [-0.1, -0.05) is 20.8 Å². The van der Waals surface area contributed by atoms with Crippen molar-refractivity contribution in [1.29, 1.82) is 0 Å². The highest BCUT2D eigenvalue weighted by Gasteiger charge is 2.19. The molecule has 3 N–H and O–H groups in total. The van der Waals surface area contributed by atoms with Gasteiger partial charge in [0.05, 0.1) is 0 Å². The van der Waals surface area contributed by atoms with E-state index in [-0.39, 0.29) is 5.91 Å². The molecule has 1 aliphatic rings. The van der Waals surface area contributed by atoms with Crippen molar-refractivity contribution in [2.75, 3.05) is 6.54 Å². The van der Waals surface area contributed by atoms with Gasteiger partial charge >= 0.3 is 0 Å². The molecule has 1 rings (SSSR count). The lowest BCUT2D eigenvalue weighted by Crippen LogP contribution is -2.29. The summed E-state index contributed by atoms with van der Waals surface area (Å²) in [6.07, 6.45) is 7.44. The fraction of sp³-hybridized carbons (Fsp3) is 0.933. The largest absolute Gasteiger partial charge is 0.356 e. The molecule has 0 atom stereocenters. The van der Waals surface area contributed by atoms with Gasteiger partial charge < -0.3 is 11.1 Å². The monoisotopic (exact) mass is 254 g/mol. The molecular formula is C15H30N2O. The molecule has 1 fully saturated rings. The Kier molecular flexibility index (Phi) is 6.13. The third kappa shape index (κ3) is 7.00. The average molecular weight is 254 g/mol. The fourth-order valence-electron chi connectivity index (χ4n) is 2.48. The van der Waals surface area contributed by atoms with Crippen molar-refractivity contribution in [3.05, 3.63) is 0 Å². The number of hydrogen-bond donors (Lipinski definition) is 2. The molecule has 0 aromatic heterocycles. The van der Waals surface area contributed by atoms with Crippen molar-refractivity contribution in [2.24, 2.45) is 17.1 Å². The fourth-order valence-corrected chi connectivity index (χ4v) is 2.48. The number of nitrogens with two attached hydrogens (primary N) is 1. The molecule has 0 bridgehead atoms. The first-order chi connectivity index (χ1) is 8.37. The number of hydrogen-bond acceptors (Lipinski definition) is 2. The zero-order valence-corrected chi connectivity index (χ0v) is 12.3. The zero-order chi connectivity index (χ0) is 13.6. The van der Waals surface area contributed by atoms with E-state index in [9.17, 15) is 4.79 Å². The Hall–Kier alpha value is -0.570. The van der Waals surface area contributed by atoms with Crippen LogP contribution in [0.1, 0.15) is 65.7 Å². The molecule has 0 aromatic carbocycles. The summed E-state index contributed by atoms with van der Waals surface area (Å²) in [6.45, 7) is 7.40. The van der Waals surface area contributed by atoms with Crippen LogP contribution in [0, 0.1) is 11.3 Å². The second kappa shape index (κ2) is 7.13. The minimum absolute atomic E-state index is 0.217. The number of rotatable bonds is 5. The molecule has 106 valence electrons. The van der Waals surface area contributed by atoms with Gasteiger partial charge in [0, 0.05) is 19.0 Å². The van der Waals surface area contributed by atoms with Gasteiger partial charge in [-0.3, -0.25) is 4.79 Å². The minimum atomic E-state index is 0.217. The number of amides is 1. The number of carbonyl (C=O) groups excluding carboxylic acids is 1. The van der Waals surface area contributed by atoms with Crippen molar-refractivity contribution < 1.29 is 4.79 Å². The van der Waals surface area contributed by atoms with E-state index in [2.05, 4.69) is 26.1 Å². The molecule has 1 aliphatic carbocycles. The Morgan fingerprint density at radius 2 is 1.83 bits per heavy atom. The van der Waals surface area contributed by atoms with Crippen molar-refractivity contribution in [1.82, 2.24) is 5.32 Å². The van der Waals surface area contributed by atoms with Gasteiger partial charge in [-0.15, -0.1) is 0 Å². The van der Waals surface area contributed by atoms with Crippen LogP contribution in [0.4, 0.5) is 0 Å². The van der Waals surface area contributed by atoms with Crippen LogP contribution in [0.3, 0.4) is 0 Å². The van der Waals surface area contributed by atoms with Gasteiger partial charge in [0.25, 0.3) is 0 Å². The summed E-state index contributed by atoms with van der Waals surface area (Å²) < 4.78 is 0. The van der Waals surface area contributed by atoms with Gasteiger partial charge in [0.15, 0.2) is 0 Å². The highest BCUT2D eigenvalue weighted by Crippen LogP contribution is 2.26. The van der Waals surface area contributed by atoms with E-state index in [1.807, 2.05) is 0 Å². The van der Waals surface area contributed by atoms with Crippen molar-refractivity contribution in [3.8, 4) is 0 Å². The van der Waals surface area contributed by atoms with Crippen molar-refractivity contribution in [2.45, 2.75) is 71.8 Å². The number of nitrogens with one attached hydrogen (secondary N) is 1. The Morgan fingerprint density at radius 3 is 2.39 bits per heavy atom. The van der Waals surface area contributed by atoms with Crippen LogP contribution in [0.5, 0.6) is 0 Å². The predicted molar refractivity (Wildman–Crippen MR) is 76.2 cm³/mol. The first-order valence-corrected chi connectivity index (χ1v) is 7.39. The quantitative estimate of drug-likeness (QED) is 0.792. The van der Waals surface area contributed by atoms with E-state index in [0.717, 1.165) is 38.1 Å². The molecule has 0 heterocycles. The summed E-state index contributed by atoms with van der Waals surface area (Å²) in [7, 11) is 0. The zero-order valence-electron chi connectivity index (χ0n) is 12.3. The molecule has 1 saturated carbocycles. The molecular weight excluding hydrogens is 224 g/mol. The average Bonchev–Trinajstić information content (AvgIpc) is 2.26. The molecule has 0 aliphatic heterocycles. The topological polar surface area (TPSA) is 55.1 Å². The van der Waals surface area contributed by atoms with E-state index in [1.165, 1.54) is 12.8 Å². The standard InChI is InChI=1S/C15H30N2O/c1-15(2,3)10-11-17-14(18)9-6-12-4-7-13(16)8-5-12/h12-13H,4-11,16H2,1-3H3,(H,17,18). The molecule has 0 spiro atoms. The smallest absolute Gasteiger partial charge is 0.220 e. The van der Waals surface area contributed by atoms with E-state index < -0.39 is 0 Å². The molecule has 18 heavy (non-hydrogen) atoms. The lowest BCUT2D eigenvalue weighted by atomic mass is 9.84. The highest BCUT2D eigenvalue weighted by molar-refractivity contribution is 5.75. The molecule has 0 radical (unpaired) electrons. The Balaban J connectivity index is 2.06. The van der Waals surface area contributed by atoms with Crippen LogP contribution >= 0.6 is 0 Å². The Labute approximate surface area is 112 Å². The molecule has 3 heteroatoms. The van der Waals surface area contributed by atoms with Crippen molar-refractivity contribution >= 4 is 5.91 Å². The normalized spacial score (nSPS) is 24.9. The third-order valence-corrected chi connectivity index (χ3v) is 3.87. The lowest BCUT2D eigenvalue weighted by Gasteiger charge is -2.25. The van der Waals surface area contributed by atoms with Gasteiger partial charge in [-0.05, 0) is 49.9 Å². The number of carbonyl (C=O) groups is 1.